The van der Waals surface area contributed by atoms with E-state index in [0.717, 1.165) is 10.4 Å². The first-order chi connectivity index (χ1) is 11.3. The first kappa shape index (κ1) is 17.1. The van der Waals surface area contributed by atoms with Crippen LogP contribution in [0.15, 0.2) is 52.0 Å². The summed E-state index contributed by atoms with van der Waals surface area (Å²) in [6, 6.07) is 7.50. The number of sulfone groups is 1. The fourth-order valence-electron chi connectivity index (χ4n) is 2.75. The van der Waals surface area contributed by atoms with Gasteiger partial charge in [0, 0.05) is 6.04 Å². The fraction of sp³-hybridized carbons (Fsp3) is 0.333. The Morgan fingerprint density at radius 1 is 1.21 bits per heavy atom. The van der Waals surface area contributed by atoms with Crippen molar-refractivity contribution in [1.82, 2.24) is 4.31 Å². The summed E-state index contributed by atoms with van der Waals surface area (Å²) in [5.41, 5.74) is 0. The largest absolute Gasteiger partial charge is 0.468 e. The Morgan fingerprint density at radius 3 is 2.54 bits per heavy atom. The number of benzene rings is 1. The predicted molar refractivity (Wildman–Crippen MR) is 84.9 cm³/mol. The van der Waals surface area contributed by atoms with Crippen LogP contribution >= 0.6 is 0 Å². The van der Waals surface area contributed by atoms with Gasteiger partial charge in [0.1, 0.15) is 16.5 Å². The second-order valence-corrected chi connectivity index (χ2v) is 9.70. The van der Waals surface area contributed by atoms with E-state index in [1.54, 1.807) is 12.1 Å². The molecule has 1 aromatic heterocycles. The number of sulfonamides is 1. The maximum Gasteiger partial charge on any atom is 0.246 e. The molecule has 1 atom stereocenters. The zero-order valence-corrected chi connectivity index (χ0v) is 14.3. The summed E-state index contributed by atoms with van der Waals surface area (Å²) in [5, 5.41) is 0. The number of furan rings is 1. The SMILES string of the molecule is O=S1(=O)CC[C@@H](N(Cc2ccco2)S(=O)(=O)c2ccccc2F)C1. The average Bonchev–Trinajstić information content (AvgIpc) is 3.14. The third-order valence-electron chi connectivity index (χ3n) is 3.93. The number of hydrogen-bond donors (Lipinski definition) is 0. The summed E-state index contributed by atoms with van der Waals surface area (Å²) >= 11 is 0. The van der Waals surface area contributed by atoms with Crippen molar-refractivity contribution in [3.63, 3.8) is 0 Å². The number of halogens is 1. The molecule has 9 heteroatoms. The van der Waals surface area contributed by atoms with E-state index in [-0.39, 0.29) is 24.5 Å². The van der Waals surface area contributed by atoms with Crippen LogP contribution in [0.3, 0.4) is 0 Å². The van der Waals surface area contributed by atoms with Gasteiger partial charge in [-0.15, -0.1) is 0 Å². The summed E-state index contributed by atoms with van der Waals surface area (Å²) in [5.74, 6) is -0.873. The van der Waals surface area contributed by atoms with Gasteiger partial charge in [0.2, 0.25) is 10.0 Å². The van der Waals surface area contributed by atoms with Gasteiger partial charge in [-0.3, -0.25) is 0 Å². The molecule has 0 unspecified atom stereocenters. The van der Waals surface area contributed by atoms with Crippen LogP contribution in [0.1, 0.15) is 12.2 Å². The molecule has 3 rings (SSSR count). The van der Waals surface area contributed by atoms with Crippen molar-refractivity contribution in [3.05, 3.63) is 54.2 Å². The summed E-state index contributed by atoms with van der Waals surface area (Å²) in [7, 11) is -7.51. The van der Waals surface area contributed by atoms with Gasteiger partial charge in [0.15, 0.2) is 9.84 Å². The molecule has 130 valence electrons. The minimum atomic E-state index is -4.21. The van der Waals surface area contributed by atoms with Crippen LogP contribution in [-0.2, 0) is 26.4 Å². The first-order valence-corrected chi connectivity index (χ1v) is 10.5. The molecule has 1 saturated heterocycles. The van der Waals surface area contributed by atoms with Crippen LogP contribution in [-0.4, -0.2) is 38.7 Å². The molecule has 0 bridgehead atoms. The standard InChI is InChI=1S/C15H16FNO5S2/c16-14-5-1-2-6-15(14)24(20,21)17(10-13-4-3-8-22-13)12-7-9-23(18,19)11-12/h1-6,8,12H,7,9-11H2/t12-/m1/s1. The monoisotopic (exact) mass is 373 g/mol. The van der Waals surface area contributed by atoms with Gasteiger partial charge in [-0.25, -0.2) is 21.2 Å². The molecule has 2 aromatic rings. The van der Waals surface area contributed by atoms with E-state index < -0.39 is 36.6 Å². The predicted octanol–water partition coefficient (Wildman–Crippen LogP) is 1.80. The van der Waals surface area contributed by atoms with Gasteiger partial charge in [0.05, 0.1) is 24.3 Å². The van der Waals surface area contributed by atoms with E-state index in [1.807, 2.05) is 0 Å². The fourth-order valence-corrected chi connectivity index (χ4v) is 6.26. The molecule has 6 nitrogen and oxygen atoms in total. The molecule has 2 heterocycles. The molecule has 1 aliphatic rings. The number of rotatable bonds is 5. The summed E-state index contributed by atoms with van der Waals surface area (Å²) in [4.78, 5) is -0.471. The van der Waals surface area contributed by atoms with E-state index >= 15 is 0 Å². The van der Waals surface area contributed by atoms with Gasteiger partial charge < -0.3 is 4.42 Å². The molecular weight excluding hydrogens is 357 g/mol. The van der Waals surface area contributed by atoms with Gasteiger partial charge in [-0.2, -0.15) is 4.31 Å². The van der Waals surface area contributed by atoms with Gasteiger partial charge in [-0.1, -0.05) is 12.1 Å². The molecule has 1 fully saturated rings. The van der Waals surface area contributed by atoms with E-state index in [9.17, 15) is 21.2 Å². The van der Waals surface area contributed by atoms with Crippen molar-refractivity contribution >= 4 is 19.9 Å². The smallest absolute Gasteiger partial charge is 0.246 e. The minimum Gasteiger partial charge on any atom is -0.468 e. The normalized spacial score (nSPS) is 20.5. The molecule has 0 amide bonds. The third-order valence-corrected chi connectivity index (χ3v) is 7.61. The highest BCUT2D eigenvalue weighted by molar-refractivity contribution is 7.92. The van der Waals surface area contributed by atoms with Crippen LogP contribution < -0.4 is 0 Å². The molecular formula is C15H16FNO5S2. The number of hydrogen-bond acceptors (Lipinski definition) is 5. The van der Waals surface area contributed by atoms with Crippen molar-refractivity contribution in [1.29, 1.82) is 0 Å². The quantitative estimate of drug-likeness (QED) is 0.798. The van der Waals surface area contributed by atoms with Crippen molar-refractivity contribution in [2.45, 2.75) is 23.9 Å². The molecule has 24 heavy (non-hydrogen) atoms. The second kappa shape index (κ2) is 6.30. The summed E-state index contributed by atoms with van der Waals surface area (Å²) in [6.07, 6.45) is 1.57. The highest BCUT2D eigenvalue weighted by atomic mass is 32.2. The number of nitrogens with zero attached hydrogens (tertiary/aromatic N) is 1. The Bertz CT molecular complexity index is 923. The van der Waals surface area contributed by atoms with Gasteiger partial charge >= 0.3 is 0 Å². The average molecular weight is 373 g/mol. The maximum absolute atomic E-state index is 14.0. The Hall–Kier alpha value is -1.71. The summed E-state index contributed by atoms with van der Waals surface area (Å²) in [6.45, 7) is -0.149. The molecule has 0 N–H and O–H groups in total. The van der Waals surface area contributed by atoms with E-state index in [2.05, 4.69) is 0 Å². The van der Waals surface area contributed by atoms with Gasteiger partial charge in [0.25, 0.3) is 0 Å². The van der Waals surface area contributed by atoms with Crippen molar-refractivity contribution in [3.8, 4) is 0 Å². The summed E-state index contributed by atoms with van der Waals surface area (Å²) < 4.78 is 69.6. The molecule has 0 radical (unpaired) electrons. The van der Waals surface area contributed by atoms with Crippen LogP contribution in [0.4, 0.5) is 4.39 Å². The van der Waals surface area contributed by atoms with E-state index in [4.69, 9.17) is 4.42 Å². The van der Waals surface area contributed by atoms with Crippen molar-refractivity contribution in [2.24, 2.45) is 0 Å². The van der Waals surface area contributed by atoms with E-state index in [0.29, 0.717) is 5.76 Å². The van der Waals surface area contributed by atoms with Gasteiger partial charge in [-0.05, 0) is 30.7 Å². The molecule has 0 aliphatic carbocycles. The maximum atomic E-state index is 14.0. The molecule has 1 aromatic carbocycles. The zero-order chi connectivity index (χ0) is 17.4. The molecule has 1 aliphatic heterocycles. The third kappa shape index (κ3) is 3.38. The van der Waals surface area contributed by atoms with Crippen molar-refractivity contribution < 1.29 is 25.6 Å². The Kier molecular flexibility index (Phi) is 4.50. The molecule has 0 spiro atoms. The van der Waals surface area contributed by atoms with E-state index in [1.165, 1.54) is 24.5 Å². The topological polar surface area (TPSA) is 84.7 Å². The lowest BCUT2D eigenvalue weighted by Crippen LogP contribution is -2.40. The lowest BCUT2D eigenvalue weighted by molar-refractivity contribution is 0.305. The van der Waals surface area contributed by atoms with Crippen LogP contribution in [0.5, 0.6) is 0 Å². The lowest BCUT2D eigenvalue weighted by atomic mass is 10.2. The molecule has 0 saturated carbocycles. The lowest BCUT2D eigenvalue weighted by Gasteiger charge is -2.26. The second-order valence-electron chi connectivity index (χ2n) is 5.62. The highest BCUT2D eigenvalue weighted by Crippen LogP contribution is 2.28. The van der Waals surface area contributed by atoms with Crippen LogP contribution in [0.25, 0.3) is 0 Å². The minimum absolute atomic E-state index is 0.0842. The Balaban J connectivity index is 2.02. The highest BCUT2D eigenvalue weighted by Gasteiger charge is 2.40. The first-order valence-electron chi connectivity index (χ1n) is 7.29. The van der Waals surface area contributed by atoms with Crippen molar-refractivity contribution in [2.75, 3.05) is 11.5 Å². The Morgan fingerprint density at radius 2 is 1.96 bits per heavy atom. The van der Waals surface area contributed by atoms with Crippen LogP contribution in [0.2, 0.25) is 0 Å². The van der Waals surface area contributed by atoms with Crippen LogP contribution in [0, 0.1) is 5.82 Å². The Labute approximate surface area is 139 Å². The zero-order valence-electron chi connectivity index (χ0n) is 12.6.